The van der Waals surface area contributed by atoms with Gasteiger partial charge in [-0.15, -0.1) is 0 Å². The zero-order chi connectivity index (χ0) is 20.5. The number of aromatic nitrogens is 1. The number of benzene rings is 2. The molecule has 29 heavy (non-hydrogen) atoms. The van der Waals surface area contributed by atoms with Crippen LogP contribution < -0.4 is 5.32 Å². The van der Waals surface area contributed by atoms with Crippen molar-refractivity contribution in [2.75, 3.05) is 12.4 Å². The lowest BCUT2D eigenvalue weighted by Gasteiger charge is -2.10. The molecule has 4 rings (SSSR count). The highest BCUT2D eigenvalue weighted by Gasteiger charge is 2.35. The predicted molar refractivity (Wildman–Crippen MR) is 110 cm³/mol. The molecule has 0 unspecified atom stereocenters. The predicted octanol–water partition coefficient (Wildman–Crippen LogP) is 3.46. The Morgan fingerprint density at radius 2 is 1.79 bits per heavy atom. The lowest BCUT2D eigenvalue weighted by molar-refractivity contribution is -0.115. The lowest BCUT2D eigenvalue weighted by Crippen LogP contribution is -2.24. The van der Waals surface area contributed by atoms with Crippen LogP contribution in [-0.2, 0) is 11.2 Å². The van der Waals surface area contributed by atoms with E-state index < -0.39 is 0 Å². The number of nitrogens with one attached hydrogen (secondary N) is 1. The fraction of sp³-hybridized carbons (Fsp3) is 0.130. The summed E-state index contributed by atoms with van der Waals surface area (Å²) in [5, 5.41) is 2.81. The summed E-state index contributed by atoms with van der Waals surface area (Å²) in [7, 11) is 1.45. The summed E-state index contributed by atoms with van der Waals surface area (Å²) in [6.07, 6.45) is 1.60. The summed E-state index contributed by atoms with van der Waals surface area (Å²) < 4.78 is 0. The van der Waals surface area contributed by atoms with Gasteiger partial charge in [-0.1, -0.05) is 36.4 Å². The Hall–Kier alpha value is -3.80. The third kappa shape index (κ3) is 3.52. The number of pyridine rings is 1. The van der Waals surface area contributed by atoms with Gasteiger partial charge in [0.15, 0.2) is 0 Å². The first kappa shape index (κ1) is 18.6. The fourth-order valence-corrected chi connectivity index (χ4v) is 3.49. The minimum atomic E-state index is -0.373. The number of aryl methyl sites for hydroxylation is 1. The number of imide groups is 1. The van der Waals surface area contributed by atoms with Gasteiger partial charge < -0.3 is 5.32 Å². The molecular formula is C23H19N3O3. The van der Waals surface area contributed by atoms with Crippen LogP contribution in [0.3, 0.4) is 0 Å². The highest BCUT2D eigenvalue weighted by Crippen LogP contribution is 2.27. The minimum Gasteiger partial charge on any atom is -0.324 e. The minimum absolute atomic E-state index is 0.00267. The summed E-state index contributed by atoms with van der Waals surface area (Å²) in [6, 6.07) is 16.8. The number of anilines is 1. The van der Waals surface area contributed by atoms with E-state index in [0.29, 0.717) is 22.4 Å². The molecule has 3 aromatic rings. The molecule has 0 saturated carbocycles. The SMILES string of the molecule is Cc1cc(CC(=O)Nc2ccc(-c3ccccc3)nc2)c2c(c1)C(=O)N(C)C2=O. The van der Waals surface area contributed by atoms with Crippen molar-refractivity contribution in [1.82, 2.24) is 9.88 Å². The van der Waals surface area contributed by atoms with Gasteiger partial charge in [-0.2, -0.15) is 0 Å². The molecule has 2 heterocycles. The molecule has 3 amide bonds. The van der Waals surface area contributed by atoms with Crippen LogP contribution in [0.25, 0.3) is 11.3 Å². The van der Waals surface area contributed by atoms with Crippen molar-refractivity contribution in [3.05, 3.63) is 83.0 Å². The first-order valence-corrected chi connectivity index (χ1v) is 9.21. The van der Waals surface area contributed by atoms with Crippen LogP contribution in [0.1, 0.15) is 31.8 Å². The van der Waals surface area contributed by atoms with Crippen molar-refractivity contribution in [2.45, 2.75) is 13.3 Å². The number of carbonyl (C=O) groups is 3. The van der Waals surface area contributed by atoms with Gasteiger partial charge in [-0.05, 0) is 36.2 Å². The Kier molecular flexibility index (Phi) is 4.68. The molecule has 6 nitrogen and oxygen atoms in total. The third-order valence-corrected chi connectivity index (χ3v) is 4.89. The van der Waals surface area contributed by atoms with Gasteiger partial charge in [0.05, 0.1) is 35.1 Å². The molecule has 0 spiro atoms. The van der Waals surface area contributed by atoms with Gasteiger partial charge in [0.2, 0.25) is 5.91 Å². The molecule has 0 fully saturated rings. The van der Waals surface area contributed by atoms with Crippen molar-refractivity contribution in [2.24, 2.45) is 0 Å². The van der Waals surface area contributed by atoms with Crippen LogP contribution in [0.2, 0.25) is 0 Å². The van der Waals surface area contributed by atoms with Crippen LogP contribution >= 0.6 is 0 Å². The standard InChI is InChI=1S/C23H19N3O3/c1-14-10-16(21-18(11-14)22(28)26(2)23(21)29)12-20(27)25-17-8-9-19(24-13-17)15-6-4-3-5-7-15/h3-11,13H,12H2,1-2H3,(H,25,27). The molecule has 144 valence electrons. The summed E-state index contributed by atoms with van der Waals surface area (Å²) >= 11 is 0. The molecule has 1 aromatic heterocycles. The summed E-state index contributed by atoms with van der Waals surface area (Å²) in [5.74, 6) is -0.986. The van der Waals surface area contributed by atoms with Crippen LogP contribution in [0.5, 0.6) is 0 Å². The summed E-state index contributed by atoms with van der Waals surface area (Å²) in [6.45, 7) is 1.84. The van der Waals surface area contributed by atoms with E-state index in [0.717, 1.165) is 21.7 Å². The monoisotopic (exact) mass is 385 g/mol. The third-order valence-electron chi connectivity index (χ3n) is 4.89. The summed E-state index contributed by atoms with van der Waals surface area (Å²) in [4.78, 5) is 42.7. The number of rotatable bonds is 4. The van der Waals surface area contributed by atoms with E-state index in [2.05, 4.69) is 10.3 Å². The second-order valence-corrected chi connectivity index (χ2v) is 7.04. The maximum absolute atomic E-state index is 12.6. The van der Waals surface area contributed by atoms with Gasteiger partial charge in [0.25, 0.3) is 11.8 Å². The Bertz CT molecular complexity index is 1120. The highest BCUT2D eigenvalue weighted by molar-refractivity contribution is 6.22. The zero-order valence-electron chi connectivity index (χ0n) is 16.1. The van der Waals surface area contributed by atoms with Crippen molar-refractivity contribution < 1.29 is 14.4 Å². The number of hydrogen-bond acceptors (Lipinski definition) is 4. The first-order valence-electron chi connectivity index (χ1n) is 9.21. The smallest absolute Gasteiger partial charge is 0.261 e. The van der Waals surface area contributed by atoms with Crippen molar-refractivity contribution in [3.8, 4) is 11.3 Å². The van der Waals surface area contributed by atoms with Gasteiger partial charge in [-0.25, -0.2) is 0 Å². The number of carbonyl (C=O) groups excluding carboxylic acids is 3. The lowest BCUT2D eigenvalue weighted by atomic mass is 9.97. The molecule has 0 bridgehead atoms. The Morgan fingerprint density at radius 3 is 2.48 bits per heavy atom. The average Bonchev–Trinajstić information content (AvgIpc) is 2.93. The molecule has 0 saturated heterocycles. The van der Waals surface area contributed by atoms with E-state index in [1.165, 1.54) is 7.05 Å². The van der Waals surface area contributed by atoms with Crippen LogP contribution in [0.4, 0.5) is 5.69 Å². The van der Waals surface area contributed by atoms with Crippen LogP contribution in [0.15, 0.2) is 60.8 Å². The Labute approximate surface area is 168 Å². The average molecular weight is 385 g/mol. The van der Waals surface area contributed by atoms with E-state index in [9.17, 15) is 14.4 Å². The van der Waals surface area contributed by atoms with E-state index >= 15 is 0 Å². The first-order chi connectivity index (χ1) is 13.9. The topological polar surface area (TPSA) is 79.4 Å². The summed E-state index contributed by atoms with van der Waals surface area (Å²) in [5.41, 5.74) is 4.43. The number of amides is 3. The van der Waals surface area contributed by atoms with Crippen molar-refractivity contribution in [1.29, 1.82) is 0 Å². The van der Waals surface area contributed by atoms with Gasteiger partial charge in [-0.3, -0.25) is 24.3 Å². The molecule has 0 radical (unpaired) electrons. The molecule has 2 aromatic carbocycles. The van der Waals surface area contributed by atoms with Gasteiger partial charge in [0.1, 0.15) is 0 Å². The maximum atomic E-state index is 12.6. The van der Waals surface area contributed by atoms with Gasteiger partial charge in [0, 0.05) is 12.6 Å². The van der Waals surface area contributed by atoms with E-state index in [1.54, 1.807) is 24.4 Å². The molecular weight excluding hydrogens is 366 g/mol. The number of fused-ring (bicyclic) bond motifs is 1. The normalized spacial score (nSPS) is 12.8. The quantitative estimate of drug-likeness (QED) is 0.698. The molecule has 1 aliphatic heterocycles. The molecule has 0 aliphatic carbocycles. The Morgan fingerprint density at radius 1 is 1.03 bits per heavy atom. The fourth-order valence-electron chi connectivity index (χ4n) is 3.49. The highest BCUT2D eigenvalue weighted by atomic mass is 16.2. The zero-order valence-corrected chi connectivity index (χ0v) is 16.1. The van der Waals surface area contributed by atoms with Crippen molar-refractivity contribution >= 4 is 23.4 Å². The van der Waals surface area contributed by atoms with Crippen LogP contribution in [0, 0.1) is 6.92 Å². The van der Waals surface area contributed by atoms with E-state index in [4.69, 9.17) is 0 Å². The van der Waals surface area contributed by atoms with E-state index in [-0.39, 0.29) is 24.1 Å². The van der Waals surface area contributed by atoms with Crippen molar-refractivity contribution in [3.63, 3.8) is 0 Å². The Balaban J connectivity index is 1.52. The van der Waals surface area contributed by atoms with Crippen LogP contribution in [-0.4, -0.2) is 34.7 Å². The maximum Gasteiger partial charge on any atom is 0.261 e. The second-order valence-electron chi connectivity index (χ2n) is 7.04. The van der Waals surface area contributed by atoms with Gasteiger partial charge >= 0.3 is 0 Å². The second kappa shape index (κ2) is 7.31. The number of nitrogens with zero attached hydrogens (tertiary/aromatic N) is 2. The molecule has 1 N–H and O–H groups in total. The molecule has 1 aliphatic rings. The van der Waals surface area contributed by atoms with E-state index in [1.807, 2.05) is 43.3 Å². The molecule has 6 heteroatoms. The number of hydrogen-bond donors (Lipinski definition) is 1. The molecule has 0 atom stereocenters. The largest absolute Gasteiger partial charge is 0.324 e.